The van der Waals surface area contributed by atoms with Crippen molar-refractivity contribution in [2.45, 2.75) is 44.2 Å². The zero-order chi connectivity index (χ0) is 10.7. The van der Waals surface area contributed by atoms with Gasteiger partial charge in [0.05, 0.1) is 6.10 Å². The number of piperidine rings is 1. The van der Waals surface area contributed by atoms with E-state index < -0.39 is 0 Å². The monoisotopic (exact) mass is 210 g/mol. The van der Waals surface area contributed by atoms with Gasteiger partial charge in [-0.1, -0.05) is 11.6 Å². The summed E-state index contributed by atoms with van der Waals surface area (Å²) >= 11 is 0. The topological polar surface area (TPSA) is 58.3 Å². The van der Waals surface area contributed by atoms with Crippen molar-refractivity contribution in [3.8, 4) is 0 Å². The van der Waals surface area contributed by atoms with Gasteiger partial charge in [0.25, 0.3) is 0 Å². The predicted octanol–water partition coefficient (Wildman–Crippen LogP) is 0.784. The standard InChI is InChI=1S/C12H22N2O/c13-8-10(15)7-12-11-4-2-1-3-9(11)5-6-14-12/h4,9-10,12,14-15H,1-3,5-8,13H2/t9?,10-,12?/m0/s1. The lowest BCUT2D eigenvalue weighted by Gasteiger charge is -2.37. The molecule has 0 amide bonds. The first-order chi connectivity index (χ1) is 7.31. The summed E-state index contributed by atoms with van der Waals surface area (Å²) in [6.07, 6.45) is 7.95. The van der Waals surface area contributed by atoms with Crippen LogP contribution in [0.2, 0.25) is 0 Å². The third-order valence-corrected chi connectivity index (χ3v) is 3.67. The van der Waals surface area contributed by atoms with E-state index in [0.29, 0.717) is 12.6 Å². The Balaban J connectivity index is 2.00. The van der Waals surface area contributed by atoms with Gasteiger partial charge in [-0.25, -0.2) is 0 Å². The summed E-state index contributed by atoms with van der Waals surface area (Å²) < 4.78 is 0. The number of fused-ring (bicyclic) bond motifs is 1. The smallest absolute Gasteiger partial charge is 0.0680 e. The van der Waals surface area contributed by atoms with E-state index in [1.54, 1.807) is 5.57 Å². The molecule has 1 heterocycles. The van der Waals surface area contributed by atoms with Crippen LogP contribution in [0, 0.1) is 5.92 Å². The largest absolute Gasteiger partial charge is 0.392 e. The molecule has 0 spiro atoms. The zero-order valence-corrected chi connectivity index (χ0v) is 9.28. The van der Waals surface area contributed by atoms with E-state index in [0.717, 1.165) is 18.9 Å². The molecule has 0 aromatic heterocycles. The highest BCUT2D eigenvalue weighted by Gasteiger charge is 2.29. The van der Waals surface area contributed by atoms with Gasteiger partial charge in [0, 0.05) is 12.6 Å². The van der Waals surface area contributed by atoms with Crippen molar-refractivity contribution in [1.82, 2.24) is 5.32 Å². The molecule has 0 aromatic rings. The number of nitrogens with two attached hydrogens (primary N) is 1. The molecule has 1 aliphatic heterocycles. The van der Waals surface area contributed by atoms with Crippen LogP contribution in [0.1, 0.15) is 32.1 Å². The molecule has 0 saturated carbocycles. The Hall–Kier alpha value is -0.380. The van der Waals surface area contributed by atoms with E-state index in [4.69, 9.17) is 5.73 Å². The van der Waals surface area contributed by atoms with Gasteiger partial charge in [0.1, 0.15) is 0 Å². The van der Waals surface area contributed by atoms with E-state index >= 15 is 0 Å². The van der Waals surface area contributed by atoms with Crippen LogP contribution in [0.25, 0.3) is 0 Å². The first-order valence-electron chi connectivity index (χ1n) is 6.12. The third kappa shape index (κ3) is 2.60. The molecule has 0 radical (unpaired) electrons. The summed E-state index contributed by atoms with van der Waals surface area (Å²) in [5.74, 6) is 0.773. The summed E-state index contributed by atoms with van der Waals surface area (Å²) in [7, 11) is 0. The lowest BCUT2D eigenvalue weighted by Crippen LogP contribution is -2.44. The molecule has 0 bridgehead atoms. The maximum atomic E-state index is 9.61. The third-order valence-electron chi connectivity index (χ3n) is 3.67. The molecule has 0 aromatic carbocycles. The molecule has 1 aliphatic carbocycles. The molecule has 1 saturated heterocycles. The Morgan fingerprint density at radius 3 is 3.20 bits per heavy atom. The fourth-order valence-corrected chi connectivity index (χ4v) is 2.84. The zero-order valence-electron chi connectivity index (χ0n) is 9.28. The highest BCUT2D eigenvalue weighted by atomic mass is 16.3. The minimum absolute atomic E-state index is 0.357. The van der Waals surface area contributed by atoms with Gasteiger partial charge in [-0.15, -0.1) is 0 Å². The Kier molecular flexibility index (Phi) is 3.78. The highest BCUT2D eigenvalue weighted by molar-refractivity contribution is 5.19. The maximum Gasteiger partial charge on any atom is 0.0680 e. The molecule has 3 atom stereocenters. The summed E-state index contributed by atoms with van der Waals surface area (Å²) in [5, 5.41) is 13.1. The molecule has 15 heavy (non-hydrogen) atoms. The summed E-state index contributed by atoms with van der Waals surface area (Å²) in [6.45, 7) is 1.46. The number of hydrogen-bond donors (Lipinski definition) is 3. The Labute approximate surface area is 91.7 Å². The molecule has 86 valence electrons. The minimum Gasteiger partial charge on any atom is -0.392 e. The highest BCUT2D eigenvalue weighted by Crippen LogP contribution is 2.33. The average molecular weight is 210 g/mol. The van der Waals surface area contributed by atoms with Crippen molar-refractivity contribution in [3.63, 3.8) is 0 Å². The lowest BCUT2D eigenvalue weighted by atomic mass is 9.78. The Morgan fingerprint density at radius 1 is 1.53 bits per heavy atom. The van der Waals surface area contributed by atoms with Crippen molar-refractivity contribution in [1.29, 1.82) is 0 Å². The van der Waals surface area contributed by atoms with Crippen LogP contribution in [0.4, 0.5) is 0 Å². The van der Waals surface area contributed by atoms with Crippen molar-refractivity contribution < 1.29 is 5.11 Å². The van der Waals surface area contributed by atoms with Gasteiger partial charge in [0.2, 0.25) is 0 Å². The molecule has 1 fully saturated rings. The molecule has 4 N–H and O–H groups in total. The summed E-state index contributed by atoms with van der Waals surface area (Å²) in [4.78, 5) is 0. The lowest BCUT2D eigenvalue weighted by molar-refractivity contribution is 0.155. The van der Waals surface area contributed by atoms with Gasteiger partial charge in [0.15, 0.2) is 0 Å². The van der Waals surface area contributed by atoms with Crippen molar-refractivity contribution >= 4 is 0 Å². The first-order valence-corrected chi connectivity index (χ1v) is 6.12. The van der Waals surface area contributed by atoms with E-state index in [2.05, 4.69) is 11.4 Å². The molecular formula is C12H22N2O. The van der Waals surface area contributed by atoms with Crippen molar-refractivity contribution in [3.05, 3.63) is 11.6 Å². The van der Waals surface area contributed by atoms with E-state index in [1.807, 2.05) is 0 Å². The predicted molar refractivity (Wildman–Crippen MR) is 61.5 cm³/mol. The van der Waals surface area contributed by atoms with E-state index in [1.165, 1.54) is 25.7 Å². The average Bonchev–Trinajstić information content (AvgIpc) is 2.29. The second-order valence-electron chi connectivity index (χ2n) is 4.75. The van der Waals surface area contributed by atoms with Crippen LogP contribution in [0.15, 0.2) is 11.6 Å². The maximum absolute atomic E-state index is 9.61. The molecule has 3 heteroatoms. The van der Waals surface area contributed by atoms with Crippen LogP contribution in [-0.4, -0.2) is 30.3 Å². The van der Waals surface area contributed by atoms with Crippen LogP contribution < -0.4 is 11.1 Å². The molecule has 3 nitrogen and oxygen atoms in total. The van der Waals surface area contributed by atoms with Crippen LogP contribution in [0.3, 0.4) is 0 Å². The quantitative estimate of drug-likeness (QED) is 0.603. The Morgan fingerprint density at radius 2 is 2.40 bits per heavy atom. The number of hydrogen-bond acceptors (Lipinski definition) is 3. The van der Waals surface area contributed by atoms with Gasteiger partial charge in [-0.05, 0) is 44.6 Å². The van der Waals surface area contributed by atoms with Gasteiger partial charge in [-0.3, -0.25) is 0 Å². The molecule has 2 aliphatic rings. The van der Waals surface area contributed by atoms with E-state index in [-0.39, 0.29) is 6.10 Å². The Bertz CT molecular complexity index is 240. The second kappa shape index (κ2) is 5.10. The number of aliphatic hydroxyl groups is 1. The normalized spacial score (nSPS) is 33.1. The van der Waals surface area contributed by atoms with Crippen molar-refractivity contribution in [2.24, 2.45) is 11.7 Å². The first kappa shape index (κ1) is 11.1. The molecule has 2 rings (SSSR count). The number of nitrogens with one attached hydrogen (secondary N) is 1. The SMILES string of the molecule is NC[C@@H](O)CC1NCCC2CCCC=C21. The van der Waals surface area contributed by atoms with Crippen LogP contribution >= 0.6 is 0 Å². The van der Waals surface area contributed by atoms with Gasteiger partial charge >= 0.3 is 0 Å². The van der Waals surface area contributed by atoms with Crippen LogP contribution in [0.5, 0.6) is 0 Å². The second-order valence-corrected chi connectivity index (χ2v) is 4.75. The van der Waals surface area contributed by atoms with Crippen molar-refractivity contribution in [2.75, 3.05) is 13.1 Å². The van der Waals surface area contributed by atoms with Gasteiger partial charge < -0.3 is 16.2 Å². The molecule has 2 unspecified atom stereocenters. The summed E-state index contributed by atoms with van der Waals surface area (Å²) in [5.41, 5.74) is 7.00. The fourth-order valence-electron chi connectivity index (χ4n) is 2.84. The fraction of sp³-hybridized carbons (Fsp3) is 0.833. The van der Waals surface area contributed by atoms with Gasteiger partial charge in [-0.2, -0.15) is 0 Å². The van der Waals surface area contributed by atoms with Crippen LogP contribution in [-0.2, 0) is 0 Å². The number of aliphatic hydroxyl groups excluding tert-OH is 1. The summed E-state index contributed by atoms with van der Waals surface area (Å²) in [6, 6.07) is 0.377. The number of rotatable bonds is 3. The molecular weight excluding hydrogens is 188 g/mol. The minimum atomic E-state index is -0.357. The van der Waals surface area contributed by atoms with E-state index in [9.17, 15) is 5.11 Å². The number of allylic oxidation sites excluding steroid dienone is 1.